The van der Waals surface area contributed by atoms with Crippen LogP contribution in [0.4, 0.5) is 5.82 Å². The molecule has 3 nitrogen and oxygen atoms in total. The summed E-state index contributed by atoms with van der Waals surface area (Å²) in [6, 6.07) is 5.44. The molecule has 0 aliphatic heterocycles. The lowest BCUT2D eigenvalue weighted by atomic mass is 10.4. The number of hydrogen-bond donors (Lipinski definition) is 2. The lowest BCUT2D eigenvalue weighted by molar-refractivity contribution is 1.38. The highest BCUT2D eigenvalue weighted by Crippen LogP contribution is 2.03. The molecule has 0 saturated heterocycles. The van der Waals surface area contributed by atoms with E-state index in [1.54, 1.807) is 12.1 Å². The molecule has 10 heavy (non-hydrogen) atoms. The van der Waals surface area contributed by atoms with Crippen molar-refractivity contribution in [2.45, 2.75) is 0 Å². The Morgan fingerprint density at radius 3 is 2.90 bits per heavy atom. The number of aromatic amines is 1. The Bertz CT molecular complexity index is 277. The van der Waals surface area contributed by atoms with Gasteiger partial charge in [-0.1, -0.05) is 0 Å². The number of nitrogens with zero attached hydrogens (tertiary/aromatic N) is 1. The third-order valence-corrected chi connectivity index (χ3v) is 1.07. The van der Waals surface area contributed by atoms with E-state index >= 15 is 0 Å². The molecule has 0 spiro atoms. The number of nitrogens with two attached hydrogens (primary N) is 1. The zero-order valence-electron chi connectivity index (χ0n) is 5.33. The highest BCUT2D eigenvalue weighted by molar-refractivity contribution is 5.51. The zero-order valence-corrected chi connectivity index (χ0v) is 5.33. The largest absolute Gasteiger partial charge is 0.385 e. The number of nitrogens with one attached hydrogen (secondary N) is 1. The quantitative estimate of drug-likeness (QED) is 0.564. The molecule has 3 N–H and O–H groups in total. The van der Waals surface area contributed by atoms with Crippen LogP contribution in [0.2, 0.25) is 0 Å². The van der Waals surface area contributed by atoms with Crippen molar-refractivity contribution in [1.82, 2.24) is 4.98 Å². The number of aromatic nitrogens is 1. The van der Waals surface area contributed by atoms with Crippen molar-refractivity contribution < 1.29 is 0 Å². The van der Waals surface area contributed by atoms with Gasteiger partial charge in [0.1, 0.15) is 5.82 Å². The van der Waals surface area contributed by atoms with E-state index in [9.17, 15) is 0 Å². The molecular weight excluding hydrogens is 126 g/mol. The summed E-state index contributed by atoms with van der Waals surface area (Å²) < 4.78 is 0. The second-order valence-electron chi connectivity index (χ2n) is 1.83. The van der Waals surface area contributed by atoms with E-state index in [1.807, 2.05) is 12.1 Å². The fourth-order valence-electron chi connectivity index (χ4n) is 0.654. The monoisotopic (exact) mass is 133 g/mol. The Hall–Kier alpha value is -1.69. The second-order valence-corrected chi connectivity index (χ2v) is 1.83. The van der Waals surface area contributed by atoms with Crippen LogP contribution >= 0.6 is 0 Å². The molecule has 1 heterocycles. The van der Waals surface area contributed by atoms with E-state index < -0.39 is 0 Å². The van der Waals surface area contributed by atoms with Crippen molar-refractivity contribution >= 4 is 11.9 Å². The molecule has 0 atom stereocenters. The van der Waals surface area contributed by atoms with Crippen LogP contribution in [0.15, 0.2) is 18.2 Å². The van der Waals surface area contributed by atoms with Crippen molar-refractivity contribution in [1.29, 1.82) is 5.26 Å². The van der Waals surface area contributed by atoms with Crippen LogP contribution in [0.1, 0.15) is 5.69 Å². The van der Waals surface area contributed by atoms with E-state index in [0.717, 1.165) is 5.69 Å². The number of allylic oxidation sites excluding steroid dienone is 1. The first-order valence-corrected chi connectivity index (χ1v) is 2.83. The van der Waals surface area contributed by atoms with Crippen LogP contribution < -0.4 is 5.73 Å². The molecule has 0 amide bonds. The van der Waals surface area contributed by atoms with E-state index in [0.29, 0.717) is 5.82 Å². The topological polar surface area (TPSA) is 65.6 Å². The summed E-state index contributed by atoms with van der Waals surface area (Å²) in [5.74, 6) is 0.609. The van der Waals surface area contributed by atoms with Crippen molar-refractivity contribution in [3.05, 3.63) is 23.9 Å². The minimum absolute atomic E-state index is 0.609. The van der Waals surface area contributed by atoms with Gasteiger partial charge >= 0.3 is 0 Å². The van der Waals surface area contributed by atoms with Crippen molar-refractivity contribution in [3.63, 3.8) is 0 Å². The first-order chi connectivity index (χ1) is 4.83. The van der Waals surface area contributed by atoms with Gasteiger partial charge in [-0.25, -0.2) is 0 Å². The van der Waals surface area contributed by atoms with Gasteiger partial charge in [0.25, 0.3) is 0 Å². The van der Waals surface area contributed by atoms with Gasteiger partial charge in [-0.2, -0.15) is 5.26 Å². The van der Waals surface area contributed by atoms with Gasteiger partial charge in [0.2, 0.25) is 0 Å². The van der Waals surface area contributed by atoms with Gasteiger partial charge in [0, 0.05) is 11.8 Å². The van der Waals surface area contributed by atoms with Crippen molar-refractivity contribution in [2.24, 2.45) is 0 Å². The first kappa shape index (κ1) is 6.43. The maximum absolute atomic E-state index is 8.15. The van der Waals surface area contributed by atoms with E-state index in [2.05, 4.69) is 4.98 Å². The molecule has 3 heteroatoms. The molecule has 0 radical (unpaired) electrons. The predicted octanol–water partition coefficient (Wildman–Crippen LogP) is 1.13. The normalized spacial score (nSPS) is 9.90. The third-order valence-electron chi connectivity index (χ3n) is 1.07. The molecule has 0 aromatic carbocycles. The fraction of sp³-hybridized carbons (Fsp3) is 0. The lowest BCUT2D eigenvalue weighted by Gasteiger charge is -1.81. The highest BCUT2D eigenvalue weighted by atomic mass is 14.8. The summed E-state index contributed by atoms with van der Waals surface area (Å²) in [5, 5.41) is 8.15. The maximum atomic E-state index is 8.15. The number of H-pyrrole nitrogens is 1. The molecule has 50 valence electrons. The summed E-state index contributed by atoms with van der Waals surface area (Å²) in [6.45, 7) is 0. The highest BCUT2D eigenvalue weighted by Gasteiger charge is 1.87. The Morgan fingerprint density at radius 1 is 1.60 bits per heavy atom. The standard InChI is InChI=1S/C7H7N3/c8-5-1-2-6-3-4-7(9)10-6/h1-4,10H,9H2. The molecule has 1 rings (SSSR count). The number of nitriles is 1. The van der Waals surface area contributed by atoms with Gasteiger partial charge < -0.3 is 10.7 Å². The van der Waals surface area contributed by atoms with Crippen molar-refractivity contribution in [2.75, 3.05) is 5.73 Å². The fourth-order valence-corrected chi connectivity index (χ4v) is 0.654. The number of rotatable bonds is 1. The molecule has 0 aliphatic rings. The predicted molar refractivity (Wildman–Crippen MR) is 39.9 cm³/mol. The summed E-state index contributed by atoms with van der Waals surface area (Å²) >= 11 is 0. The smallest absolute Gasteiger partial charge is 0.101 e. The van der Waals surface area contributed by atoms with Crippen LogP contribution in [0.3, 0.4) is 0 Å². The van der Waals surface area contributed by atoms with Crippen LogP contribution in [0.25, 0.3) is 6.08 Å². The molecule has 1 aromatic heterocycles. The summed E-state index contributed by atoms with van der Waals surface area (Å²) in [7, 11) is 0. The third kappa shape index (κ3) is 1.39. The number of anilines is 1. The van der Waals surface area contributed by atoms with Gasteiger partial charge in [-0.15, -0.1) is 0 Å². The van der Waals surface area contributed by atoms with Crippen LogP contribution in [0, 0.1) is 11.3 Å². The molecular formula is C7H7N3. The molecule has 0 saturated carbocycles. The minimum atomic E-state index is 0.609. The Morgan fingerprint density at radius 2 is 2.40 bits per heavy atom. The van der Waals surface area contributed by atoms with Gasteiger partial charge in [-0.3, -0.25) is 0 Å². The zero-order chi connectivity index (χ0) is 7.40. The first-order valence-electron chi connectivity index (χ1n) is 2.83. The van der Waals surface area contributed by atoms with Crippen LogP contribution in [-0.4, -0.2) is 4.98 Å². The second kappa shape index (κ2) is 2.74. The molecule has 0 unspecified atom stereocenters. The van der Waals surface area contributed by atoms with E-state index in [4.69, 9.17) is 11.0 Å². The summed E-state index contributed by atoms with van der Waals surface area (Å²) in [6.07, 6.45) is 3.06. The lowest BCUT2D eigenvalue weighted by Crippen LogP contribution is -1.81. The van der Waals surface area contributed by atoms with E-state index in [1.165, 1.54) is 6.08 Å². The average molecular weight is 133 g/mol. The Kier molecular flexibility index (Phi) is 1.76. The van der Waals surface area contributed by atoms with Crippen LogP contribution in [0.5, 0.6) is 0 Å². The number of nitrogen functional groups attached to an aromatic ring is 1. The summed E-state index contributed by atoms with van der Waals surface area (Å²) in [5.41, 5.74) is 6.22. The molecule has 0 bridgehead atoms. The number of hydrogen-bond acceptors (Lipinski definition) is 2. The van der Waals surface area contributed by atoms with Gasteiger partial charge in [-0.05, 0) is 18.2 Å². The van der Waals surface area contributed by atoms with Gasteiger partial charge in [0.15, 0.2) is 0 Å². The molecule has 0 aliphatic carbocycles. The maximum Gasteiger partial charge on any atom is 0.101 e. The minimum Gasteiger partial charge on any atom is -0.385 e. The van der Waals surface area contributed by atoms with Crippen molar-refractivity contribution in [3.8, 4) is 6.07 Å². The SMILES string of the molecule is N#CC=Cc1ccc(N)[nH]1. The average Bonchev–Trinajstić information content (AvgIpc) is 2.31. The summed E-state index contributed by atoms with van der Waals surface area (Å²) in [4.78, 5) is 2.85. The van der Waals surface area contributed by atoms with Crippen LogP contribution in [-0.2, 0) is 0 Å². The molecule has 1 aromatic rings. The van der Waals surface area contributed by atoms with E-state index in [-0.39, 0.29) is 0 Å². The molecule has 0 fully saturated rings. The Labute approximate surface area is 58.8 Å². The van der Waals surface area contributed by atoms with Gasteiger partial charge in [0.05, 0.1) is 6.07 Å². The Balaban J connectivity index is 2.78.